The molecule has 0 amide bonds. The van der Waals surface area contributed by atoms with Crippen molar-refractivity contribution in [2.45, 2.75) is 38.2 Å². The summed E-state index contributed by atoms with van der Waals surface area (Å²) in [6, 6.07) is 0. The van der Waals surface area contributed by atoms with E-state index in [2.05, 4.69) is 4.74 Å². The molecule has 1 aliphatic rings. The van der Waals surface area contributed by atoms with Gasteiger partial charge in [-0.3, -0.25) is 4.79 Å². The summed E-state index contributed by atoms with van der Waals surface area (Å²) in [7, 11) is 0. The molecule has 3 nitrogen and oxygen atoms in total. The van der Waals surface area contributed by atoms with Crippen LogP contribution in [-0.4, -0.2) is 24.3 Å². The van der Waals surface area contributed by atoms with E-state index in [1.165, 1.54) is 0 Å². The van der Waals surface area contributed by atoms with E-state index in [-0.39, 0.29) is 6.42 Å². The molecule has 0 heterocycles. The number of esters is 1. The fourth-order valence-electron chi connectivity index (χ4n) is 1.62. The van der Waals surface area contributed by atoms with Gasteiger partial charge in [-0.25, -0.2) is 8.78 Å². The van der Waals surface area contributed by atoms with E-state index >= 15 is 0 Å². The molecule has 0 aliphatic heterocycles. The Morgan fingerprint density at radius 2 is 2.14 bits per heavy atom. The maximum atomic E-state index is 13.2. The minimum atomic E-state index is -3.07. The molecule has 0 radical (unpaired) electrons. The summed E-state index contributed by atoms with van der Waals surface area (Å²) >= 11 is 0. The van der Waals surface area contributed by atoms with Crippen molar-refractivity contribution in [3.63, 3.8) is 0 Å². The molecule has 14 heavy (non-hydrogen) atoms. The summed E-state index contributed by atoms with van der Waals surface area (Å²) in [5, 5.41) is 0. The quantitative estimate of drug-likeness (QED) is 0.508. The first-order chi connectivity index (χ1) is 6.45. The van der Waals surface area contributed by atoms with Crippen LogP contribution in [0.3, 0.4) is 0 Å². The van der Waals surface area contributed by atoms with E-state index in [1.807, 2.05) is 0 Å². The van der Waals surface area contributed by atoms with E-state index in [0.29, 0.717) is 12.7 Å². The van der Waals surface area contributed by atoms with Crippen LogP contribution in [0.15, 0.2) is 0 Å². The first-order valence-corrected chi connectivity index (χ1v) is 4.46. The van der Waals surface area contributed by atoms with Gasteiger partial charge in [-0.1, -0.05) is 0 Å². The van der Waals surface area contributed by atoms with Crippen LogP contribution >= 0.6 is 0 Å². The molecule has 0 spiro atoms. The molecule has 0 aromatic rings. The normalized spacial score (nSPS) is 30.8. The van der Waals surface area contributed by atoms with E-state index in [9.17, 15) is 18.4 Å². The van der Waals surface area contributed by atoms with Crippen LogP contribution in [0.2, 0.25) is 0 Å². The van der Waals surface area contributed by atoms with Gasteiger partial charge in [-0.05, 0) is 12.8 Å². The van der Waals surface area contributed by atoms with Gasteiger partial charge in [-0.2, -0.15) is 0 Å². The Labute approximate surface area is 80.4 Å². The Balaban J connectivity index is 2.62. The fourth-order valence-corrected chi connectivity index (χ4v) is 1.62. The predicted molar refractivity (Wildman–Crippen MR) is 43.9 cm³/mol. The second kappa shape index (κ2) is 4.02. The van der Waals surface area contributed by atoms with Crippen LogP contribution in [0, 0.1) is 5.92 Å². The van der Waals surface area contributed by atoms with E-state index in [4.69, 9.17) is 0 Å². The van der Waals surface area contributed by atoms with Crippen molar-refractivity contribution >= 4 is 12.3 Å². The smallest absolute Gasteiger partial charge is 0.303 e. The first kappa shape index (κ1) is 11.1. The predicted octanol–water partition coefficient (Wildman–Crippen LogP) is 1.55. The topological polar surface area (TPSA) is 43.4 Å². The average Bonchev–Trinajstić information content (AvgIpc) is 2.07. The number of halogens is 2. The fraction of sp³-hybridized carbons (Fsp3) is 0.778. The van der Waals surface area contributed by atoms with E-state index in [1.54, 1.807) is 0 Å². The van der Waals surface area contributed by atoms with E-state index < -0.39 is 30.3 Å². The van der Waals surface area contributed by atoms with Crippen LogP contribution in [0.4, 0.5) is 8.78 Å². The Bertz CT molecular complexity index is 240. The summed E-state index contributed by atoms with van der Waals surface area (Å²) in [5.74, 6) is -4.40. The Kier molecular flexibility index (Phi) is 3.18. The number of alkyl halides is 2. The lowest BCUT2D eigenvalue weighted by molar-refractivity contribution is -0.184. The molecule has 0 bridgehead atoms. The second-order valence-corrected chi connectivity index (χ2v) is 3.54. The molecule has 2 atom stereocenters. The zero-order valence-electron chi connectivity index (χ0n) is 7.83. The maximum Gasteiger partial charge on any atom is 0.303 e. The number of carbonyl (C=O) groups excluding carboxylic acids is 2. The Morgan fingerprint density at radius 3 is 2.57 bits per heavy atom. The highest BCUT2D eigenvalue weighted by molar-refractivity contribution is 5.66. The molecular formula is C9H12F2O3. The number of carbonyl (C=O) groups is 2. The van der Waals surface area contributed by atoms with Crippen molar-refractivity contribution in [3.8, 4) is 0 Å². The Hall–Kier alpha value is -1.00. The maximum absolute atomic E-state index is 13.2. The molecule has 0 aromatic carbocycles. The summed E-state index contributed by atoms with van der Waals surface area (Å²) in [6.07, 6.45) is -0.935. The van der Waals surface area contributed by atoms with Gasteiger partial charge in [-0.15, -0.1) is 0 Å². The monoisotopic (exact) mass is 206 g/mol. The molecule has 1 rings (SSSR count). The highest BCUT2D eigenvalue weighted by atomic mass is 19.3. The number of rotatable bonds is 2. The molecule has 5 heteroatoms. The molecule has 0 N–H and O–H groups in total. The van der Waals surface area contributed by atoms with Crippen LogP contribution in [0.5, 0.6) is 0 Å². The van der Waals surface area contributed by atoms with Crippen LogP contribution in [-0.2, 0) is 14.3 Å². The zero-order valence-corrected chi connectivity index (χ0v) is 7.83. The molecule has 1 aliphatic carbocycles. The number of hydrogen-bond donors (Lipinski definition) is 0. The number of ether oxygens (including phenoxy) is 1. The van der Waals surface area contributed by atoms with Crippen molar-refractivity contribution in [2.75, 3.05) is 0 Å². The third-order valence-electron chi connectivity index (χ3n) is 2.31. The SMILES string of the molecule is CC(=O)O[C@H]1CC[C@@H](C=O)CC1(F)F. The van der Waals surface area contributed by atoms with Gasteiger partial charge in [0, 0.05) is 19.3 Å². The Morgan fingerprint density at radius 1 is 1.50 bits per heavy atom. The van der Waals surface area contributed by atoms with Crippen LogP contribution in [0.25, 0.3) is 0 Å². The molecule has 1 saturated carbocycles. The van der Waals surface area contributed by atoms with Gasteiger partial charge in [0.1, 0.15) is 6.29 Å². The molecule has 0 unspecified atom stereocenters. The first-order valence-electron chi connectivity index (χ1n) is 4.46. The van der Waals surface area contributed by atoms with Crippen molar-refractivity contribution < 1.29 is 23.1 Å². The second-order valence-electron chi connectivity index (χ2n) is 3.54. The van der Waals surface area contributed by atoms with Crippen LogP contribution in [0.1, 0.15) is 26.2 Å². The van der Waals surface area contributed by atoms with Gasteiger partial charge in [0.15, 0.2) is 6.10 Å². The van der Waals surface area contributed by atoms with Crippen molar-refractivity contribution in [2.24, 2.45) is 5.92 Å². The highest BCUT2D eigenvalue weighted by Crippen LogP contribution is 2.37. The molecule has 0 saturated heterocycles. The molecule has 80 valence electrons. The molecule has 1 fully saturated rings. The standard InChI is InChI=1S/C9H12F2O3/c1-6(13)14-8-3-2-7(5-12)4-9(8,10)11/h5,7-8H,2-4H2,1H3/t7-,8+/m1/s1. The van der Waals surface area contributed by atoms with Gasteiger partial charge in [0.05, 0.1) is 0 Å². The largest absolute Gasteiger partial charge is 0.456 e. The lowest BCUT2D eigenvalue weighted by Gasteiger charge is -2.33. The third kappa shape index (κ3) is 2.49. The van der Waals surface area contributed by atoms with Crippen molar-refractivity contribution in [1.29, 1.82) is 0 Å². The lowest BCUT2D eigenvalue weighted by Crippen LogP contribution is -2.43. The highest BCUT2D eigenvalue weighted by Gasteiger charge is 2.47. The van der Waals surface area contributed by atoms with Crippen molar-refractivity contribution in [3.05, 3.63) is 0 Å². The number of hydrogen-bond acceptors (Lipinski definition) is 3. The minimum Gasteiger partial charge on any atom is -0.456 e. The third-order valence-corrected chi connectivity index (χ3v) is 2.31. The average molecular weight is 206 g/mol. The zero-order chi connectivity index (χ0) is 10.8. The summed E-state index contributed by atoms with van der Waals surface area (Å²) < 4.78 is 31.0. The van der Waals surface area contributed by atoms with Gasteiger partial charge >= 0.3 is 5.97 Å². The van der Waals surface area contributed by atoms with Crippen molar-refractivity contribution in [1.82, 2.24) is 0 Å². The molecular weight excluding hydrogens is 194 g/mol. The van der Waals surface area contributed by atoms with Crippen LogP contribution < -0.4 is 0 Å². The summed E-state index contributed by atoms with van der Waals surface area (Å²) in [4.78, 5) is 20.9. The van der Waals surface area contributed by atoms with Gasteiger partial charge < -0.3 is 9.53 Å². The summed E-state index contributed by atoms with van der Waals surface area (Å²) in [5.41, 5.74) is 0. The summed E-state index contributed by atoms with van der Waals surface area (Å²) in [6.45, 7) is 1.10. The van der Waals surface area contributed by atoms with E-state index in [0.717, 1.165) is 6.92 Å². The minimum absolute atomic E-state index is 0.0516. The van der Waals surface area contributed by atoms with Gasteiger partial charge in [0.2, 0.25) is 0 Å². The number of aldehydes is 1. The van der Waals surface area contributed by atoms with Gasteiger partial charge in [0.25, 0.3) is 5.92 Å². The molecule has 0 aromatic heterocycles. The lowest BCUT2D eigenvalue weighted by atomic mass is 9.85.